The molecule has 21 heavy (non-hydrogen) atoms. The number of unbranched alkanes of at least 4 members (excludes halogenated alkanes) is 1. The van der Waals surface area contributed by atoms with Crippen LogP contribution in [0.15, 0.2) is 30.3 Å². The molecule has 1 aromatic rings. The monoisotopic (exact) mass is 291 g/mol. The Bertz CT molecular complexity index is 389. The molecule has 2 N–H and O–H groups in total. The van der Waals surface area contributed by atoms with Crippen LogP contribution in [0, 0.1) is 0 Å². The predicted molar refractivity (Wildman–Crippen MR) is 86.2 cm³/mol. The summed E-state index contributed by atoms with van der Waals surface area (Å²) in [4.78, 5) is 0. The smallest absolute Gasteiger partial charge is 0.157 e. The zero-order valence-electron chi connectivity index (χ0n) is 13.2. The molecule has 1 heterocycles. The average molecular weight is 291 g/mol. The molecule has 118 valence electrons. The van der Waals surface area contributed by atoms with E-state index in [-0.39, 0.29) is 11.7 Å². The molecule has 0 saturated carbocycles. The minimum absolute atomic E-state index is 0.0173. The van der Waals surface area contributed by atoms with Gasteiger partial charge in [-0.25, -0.2) is 0 Å². The molecule has 0 aromatic heterocycles. The van der Waals surface area contributed by atoms with E-state index in [4.69, 9.17) is 15.2 Å². The number of hydrogen-bond donors (Lipinski definition) is 1. The van der Waals surface area contributed by atoms with Crippen LogP contribution < -0.4 is 5.73 Å². The van der Waals surface area contributed by atoms with E-state index >= 15 is 0 Å². The van der Waals surface area contributed by atoms with E-state index in [0.717, 1.165) is 45.3 Å². The summed E-state index contributed by atoms with van der Waals surface area (Å²) in [6.07, 6.45) is 6.68. The summed E-state index contributed by atoms with van der Waals surface area (Å²) in [5.41, 5.74) is 7.02. The van der Waals surface area contributed by atoms with E-state index in [1.54, 1.807) is 0 Å². The Labute approximate surface area is 128 Å². The van der Waals surface area contributed by atoms with Crippen LogP contribution in [-0.2, 0) is 14.9 Å². The summed E-state index contributed by atoms with van der Waals surface area (Å²) in [6, 6.07) is 10.7. The van der Waals surface area contributed by atoms with Gasteiger partial charge in [0.2, 0.25) is 0 Å². The van der Waals surface area contributed by atoms with Crippen LogP contribution in [0.2, 0.25) is 0 Å². The Kier molecular flexibility index (Phi) is 6.68. The van der Waals surface area contributed by atoms with Crippen LogP contribution in [0.4, 0.5) is 0 Å². The van der Waals surface area contributed by atoms with Crippen molar-refractivity contribution in [2.24, 2.45) is 5.73 Å². The average Bonchev–Trinajstić information content (AvgIpc) is 2.55. The topological polar surface area (TPSA) is 44.5 Å². The molecule has 1 aliphatic rings. The second kappa shape index (κ2) is 8.52. The van der Waals surface area contributed by atoms with Gasteiger partial charge < -0.3 is 15.2 Å². The zero-order chi connectivity index (χ0) is 15.0. The molecule has 2 unspecified atom stereocenters. The summed E-state index contributed by atoms with van der Waals surface area (Å²) < 4.78 is 11.8. The predicted octanol–water partition coefficient (Wildman–Crippen LogP) is 3.62. The molecule has 1 aromatic carbocycles. The van der Waals surface area contributed by atoms with Crippen LogP contribution in [0.5, 0.6) is 0 Å². The van der Waals surface area contributed by atoms with Crippen molar-refractivity contribution in [1.29, 1.82) is 0 Å². The fraction of sp³-hybridized carbons (Fsp3) is 0.667. The second-order valence-electron chi connectivity index (χ2n) is 6.28. The maximum atomic E-state index is 6.08. The molecule has 1 fully saturated rings. The Balaban J connectivity index is 1.97. The Morgan fingerprint density at radius 2 is 2.05 bits per heavy atom. The van der Waals surface area contributed by atoms with E-state index < -0.39 is 0 Å². The van der Waals surface area contributed by atoms with Crippen molar-refractivity contribution in [3.05, 3.63) is 35.9 Å². The Morgan fingerprint density at radius 1 is 1.24 bits per heavy atom. The standard InChI is InChI=1S/C18H29NO2/c1-18(12-6-7-13-19,16-9-3-2-4-10-16)15-21-17-11-5-8-14-20-17/h2-4,9-10,17H,5-8,11-15,19H2,1H3. The normalized spacial score (nSPS) is 21.9. The first-order valence-electron chi connectivity index (χ1n) is 8.23. The van der Waals surface area contributed by atoms with Crippen LogP contribution in [0.3, 0.4) is 0 Å². The fourth-order valence-electron chi connectivity index (χ4n) is 2.92. The molecule has 1 saturated heterocycles. The lowest BCUT2D eigenvalue weighted by Crippen LogP contribution is -2.33. The van der Waals surface area contributed by atoms with Crippen molar-refractivity contribution in [3.63, 3.8) is 0 Å². The number of rotatable bonds is 8. The van der Waals surface area contributed by atoms with Crippen molar-refractivity contribution in [3.8, 4) is 0 Å². The molecule has 0 amide bonds. The minimum Gasteiger partial charge on any atom is -0.353 e. The van der Waals surface area contributed by atoms with Crippen LogP contribution in [0.25, 0.3) is 0 Å². The number of ether oxygens (including phenoxy) is 2. The summed E-state index contributed by atoms with van der Waals surface area (Å²) >= 11 is 0. The van der Waals surface area contributed by atoms with E-state index in [0.29, 0.717) is 6.61 Å². The van der Waals surface area contributed by atoms with E-state index in [9.17, 15) is 0 Å². The fourth-order valence-corrected chi connectivity index (χ4v) is 2.92. The van der Waals surface area contributed by atoms with Gasteiger partial charge in [0.05, 0.1) is 6.61 Å². The van der Waals surface area contributed by atoms with Crippen molar-refractivity contribution in [1.82, 2.24) is 0 Å². The maximum Gasteiger partial charge on any atom is 0.157 e. The second-order valence-corrected chi connectivity index (χ2v) is 6.28. The van der Waals surface area contributed by atoms with Crippen molar-refractivity contribution < 1.29 is 9.47 Å². The van der Waals surface area contributed by atoms with Gasteiger partial charge in [0, 0.05) is 12.0 Å². The van der Waals surface area contributed by atoms with Gasteiger partial charge in [0.1, 0.15) is 0 Å². The van der Waals surface area contributed by atoms with Gasteiger partial charge in [-0.2, -0.15) is 0 Å². The van der Waals surface area contributed by atoms with E-state index in [1.165, 1.54) is 12.0 Å². The first-order valence-corrected chi connectivity index (χ1v) is 8.23. The molecule has 0 bridgehead atoms. The maximum absolute atomic E-state index is 6.08. The van der Waals surface area contributed by atoms with E-state index in [1.807, 2.05) is 0 Å². The minimum atomic E-state index is -0.0173. The van der Waals surface area contributed by atoms with Crippen molar-refractivity contribution >= 4 is 0 Å². The van der Waals surface area contributed by atoms with Crippen LogP contribution in [0.1, 0.15) is 51.0 Å². The zero-order valence-corrected chi connectivity index (χ0v) is 13.2. The first-order chi connectivity index (χ1) is 10.2. The molecular weight excluding hydrogens is 262 g/mol. The third kappa shape index (κ3) is 5.10. The number of nitrogens with two attached hydrogens (primary N) is 1. The highest BCUT2D eigenvalue weighted by atomic mass is 16.7. The highest BCUT2D eigenvalue weighted by Crippen LogP contribution is 2.31. The summed E-state index contributed by atoms with van der Waals surface area (Å²) in [5, 5.41) is 0. The first kappa shape index (κ1) is 16.5. The van der Waals surface area contributed by atoms with Gasteiger partial charge in [-0.1, -0.05) is 43.7 Å². The molecule has 3 heteroatoms. The molecule has 2 atom stereocenters. The largest absolute Gasteiger partial charge is 0.353 e. The summed E-state index contributed by atoms with van der Waals surface area (Å²) in [6.45, 7) is 4.60. The number of hydrogen-bond acceptors (Lipinski definition) is 3. The highest BCUT2D eigenvalue weighted by Gasteiger charge is 2.28. The molecule has 0 spiro atoms. The third-order valence-corrected chi connectivity index (χ3v) is 4.38. The lowest BCUT2D eigenvalue weighted by Gasteiger charge is -2.33. The lowest BCUT2D eigenvalue weighted by atomic mass is 9.79. The van der Waals surface area contributed by atoms with Gasteiger partial charge >= 0.3 is 0 Å². The Morgan fingerprint density at radius 3 is 2.71 bits per heavy atom. The van der Waals surface area contributed by atoms with Gasteiger partial charge in [0.25, 0.3) is 0 Å². The third-order valence-electron chi connectivity index (χ3n) is 4.38. The lowest BCUT2D eigenvalue weighted by molar-refractivity contribution is -0.171. The molecule has 0 radical (unpaired) electrons. The summed E-state index contributed by atoms with van der Waals surface area (Å²) in [7, 11) is 0. The molecule has 0 aliphatic carbocycles. The van der Waals surface area contributed by atoms with Gasteiger partial charge in [0.15, 0.2) is 6.29 Å². The SMILES string of the molecule is CC(CCCCN)(COC1CCCCO1)c1ccccc1. The van der Waals surface area contributed by atoms with Crippen LogP contribution >= 0.6 is 0 Å². The molecular formula is C18H29NO2. The quantitative estimate of drug-likeness (QED) is 0.744. The summed E-state index contributed by atoms with van der Waals surface area (Å²) in [5.74, 6) is 0. The van der Waals surface area contributed by atoms with Gasteiger partial charge in [-0.15, -0.1) is 0 Å². The van der Waals surface area contributed by atoms with Gasteiger partial charge in [-0.3, -0.25) is 0 Å². The van der Waals surface area contributed by atoms with Gasteiger partial charge in [-0.05, 0) is 44.2 Å². The van der Waals surface area contributed by atoms with Crippen molar-refractivity contribution in [2.45, 2.75) is 57.2 Å². The molecule has 2 rings (SSSR count). The molecule has 3 nitrogen and oxygen atoms in total. The highest BCUT2D eigenvalue weighted by molar-refractivity contribution is 5.24. The number of benzene rings is 1. The van der Waals surface area contributed by atoms with Crippen molar-refractivity contribution in [2.75, 3.05) is 19.8 Å². The van der Waals surface area contributed by atoms with Crippen LogP contribution in [-0.4, -0.2) is 26.0 Å². The Hall–Kier alpha value is -0.900. The molecule has 1 aliphatic heterocycles. The van der Waals surface area contributed by atoms with E-state index in [2.05, 4.69) is 37.3 Å².